The molecule has 4 rings (SSSR count). The SMILES string of the molecule is O=C(Nc1n[nH]c2c(F)c(Cl)c(-c3ccccc3)cc12)NC1CCCCC1. The van der Waals surface area contributed by atoms with Gasteiger partial charge in [0.1, 0.15) is 5.52 Å². The van der Waals surface area contributed by atoms with Crippen molar-refractivity contribution in [3.05, 3.63) is 47.2 Å². The first-order chi connectivity index (χ1) is 13.1. The zero-order valence-corrected chi connectivity index (χ0v) is 15.4. The Labute approximate surface area is 161 Å². The fourth-order valence-corrected chi connectivity index (χ4v) is 3.85. The minimum atomic E-state index is -0.582. The third-order valence-electron chi connectivity index (χ3n) is 5.00. The van der Waals surface area contributed by atoms with E-state index in [1.165, 1.54) is 6.42 Å². The number of hydrogen-bond acceptors (Lipinski definition) is 2. The largest absolute Gasteiger partial charge is 0.335 e. The molecule has 1 aliphatic rings. The fraction of sp³-hybridized carbons (Fsp3) is 0.300. The lowest BCUT2D eigenvalue weighted by Gasteiger charge is -2.22. The maximum atomic E-state index is 14.7. The van der Waals surface area contributed by atoms with Crippen molar-refractivity contribution in [2.75, 3.05) is 5.32 Å². The molecule has 1 aliphatic carbocycles. The number of anilines is 1. The van der Waals surface area contributed by atoms with Gasteiger partial charge in [-0.05, 0) is 24.5 Å². The molecule has 0 spiro atoms. The number of carbonyl (C=O) groups excluding carboxylic acids is 1. The van der Waals surface area contributed by atoms with Crippen molar-refractivity contribution < 1.29 is 9.18 Å². The van der Waals surface area contributed by atoms with E-state index in [4.69, 9.17) is 11.6 Å². The van der Waals surface area contributed by atoms with E-state index >= 15 is 0 Å². The van der Waals surface area contributed by atoms with Crippen molar-refractivity contribution in [1.82, 2.24) is 15.5 Å². The Hall–Kier alpha value is -2.60. The van der Waals surface area contributed by atoms with E-state index in [-0.39, 0.29) is 28.4 Å². The van der Waals surface area contributed by atoms with Crippen LogP contribution in [-0.2, 0) is 0 Å². The van der Waals surface area contributed by atoms with Crippen molar-refractivity contribution in [3.63, 3.8) is 0 Å². The number of nitrogens with zero attached hydrogens (tertiary/aromatic N) is 1. The first-order valence-corrected chi connectivity index (χ1v) is 9.50. The molecule has 0 bridgehead atoms. The van der Waals surface area contributed by atoms with E-state index in [0.29, 0.717) is 10.9 Å². The predicted molar refractivity (Wildman–Crippen MR) is 106 cm³/mol. The molecule has 7 heteroatoms. The van der Waals surface area contributed by atoms with E-state index in [2.05, 4.69) is 20.8 Å². The average molecular weight is 387 g/mol. The molecule has 5 nitrogen and oxygen atoms in total. The van der Waals surface area contributed by atoms with Gasteiger partial charge in [-0.15, -0.1) is 0 Å². The van der Waals surface area contributed by atoms with Crippen LogP contribution in [-0.4, -0.2) is 22.3 Å². The van der Waals surface area contributed by atoms with Crippen LogP contribution < -0.4 is 10.6 Å². The molecular formula is C20H20ClFN4O. The normalized spacial score (nSPS) is 15.0. The molecule has 3 N–H and O–H groups in total. The molecule has 2 amide bonds. The smallest absolute Gasteiger partial charge is 0.320 e. The number of H-pyrrole nitrogens is 1. The Kier molecular flexibility index (Phi) is 4.99. The summed E-state index contributed by atoms with van der Waals surface area (Å²) in [7, 11) is 0. The summed E-state index contributed by atoms with van der Waals surface area (Å²) < 4.78 is 14.7. The number of amides is 2. The number of fused-ring (bicyclic) bond motifs is 1. The number of nitrogens with one attached hydrogen (secondary N) is 3. The van der Waals surface area contributed by atoms with Crippen molar-refractivity contribution in [1.29, 1.82) is 0 Å². The van der Waals surface area contributed by atoms with Gasteiger partial charge in [0.15, 0.2) is 11.6 Å². The van der Waals surface area contributed by atoms with E-state index in [0.717, 1.165) is 31.2 Å². The zero-order valence-electron chi connectivity index (χ0n) is 14.7. The van der Waals surface area contributed by atoms with E-state index in [1.54, 1.807) is 6.07 Å². The summed E-state index contributed by atoms with van der Waals surface area (Å²) in [4.78, 5) is 12.3. The molecule has 140 valence electrons. The highest BCUT2D eigenvalue weighted by Crippen LogP contribution is 2.36. The maximum Gasteiger partial charge on any atom is 0.320 e. The van der Waals surface area contributed by atoms with Crippen LogP contribution in [0, 0.1) is 5.82 Å². The summed E-state index contributed by atoms with van der Waals surface area (Å²) in [6.07, 6.45) is 5.43. The number of urea groups is 1. The lowest BCUT2D eigenvalue weighted by molar-refractivity contribution is 0.244. The Morgan fingerprint density at radius 1 is 1.19 bits per heavy atom. The van der Waals surface area contributed by atoms with Crippen LogP contribution in [0.3, 0.4) is 0 Å². The average Bonchev–Trinajstić information content (AvgIpc) is 3.08. The molecule has 0 aliphatic heterocycles. The number of halogens is 2. The minimum Gasteiger partial charge on any atom is -0.335 e. The number of carbonyl (C=O) groups is 1. The van der Waals surface area contributed by atoms with Crippen LogP contribution in [0.5, 0.6) is 0 Å². The number of rotatable bonds is 3. The number of hydrogen-bond donors (Lipinski definition) is 3. The summed E-state index contributed by atoms with van der Waals surface area (Å²) in [5.41, 5.74) is 1.52. The zero-order chi connectivity index (χ0) is 18.8. The summed E-state index contributed by atoms with van der Waals surface area (Å²) in [5, 5.41) is 12.9. The summed E-state index contributed by atoms with van der Waals surface area (Å²) in [6.45, 7) is 0. The molecule has 0 unspecified atom stereocenters. The van der Waals surface area contributed by atoms with Gasteiger partial charge in [0.25, 0.3) is 0 Å². The highest BCUT2D eigenvalue weighted by atomic mass is 35.5. The van der Waals surface area contributed by atoms with Crippen molar-refractivity contribution >= 4 is 34.4 Å². The van der Waals surface area contributed by atoms with Crippen LogP contribution in [0.15, 0.2) is 36.4 Å². The Bertz CT molecular complexity index is 967. The number of aromatic amines is 1. The van der Waals surface area contributed by atoms with Crippen LogP contribution in [0.2, 0.25) is 5.02 Å². The van der Waals surface area contributed by atoms with Crippen LogP contribution in [0.1, 0.15) is 32.1 Å². The van der Waals surface area contributed by atoms with Gasteiger partial charge < -0.3 is 5.32 Å². The highest BCUT2D eigenvalue weighted by Gasteiger charge is 2.20. The molecule has 1 saturated carbocycles. The lowest BCUT2D eigenvalue weighted by atomic mass is 9.96. The Balaban J connectivity index is 1.64. The fourth-order valence-electron chi connectivity index (χ4n) is 3.59. The van der Waals surface area contributed by atoms with Gasteiger partial charge in [-0.3, -0.25) is 10.4 Å². The van der Waals surface area contributed by atoms with Crippen LogP contribution in [0.25, 0.3) is 22.0 Å². The first kappa shape index (κ1) is 17.8. The quantitative estimate of drug-likeness (QED) is 0.558. The molecule has 1 heterocycles. The third kappa shape index (κ3) is 3.62. The number of aromatic nitrogens is 2. The summed E-state index contributed by atoms with van der Waals surface area (Å²) in [6, 6.07) is 10.9. The van der Waals surface area contributed by atoms with Gasteiger partial charge in [0, 0.05) is 17.0 Å². The third-order valence-corrected chi connectivity index (χ3v) is 5.37. The monoisotopic (exact) mass is 386 g/mol. The minimum absolute atomic E-state index is 0.0237. The molecule has 1 fully saturated rings. The molecule has 2 aromatic carbocycles. The van der Waals surface area contributed by atoms with Gasteiger partial charge in [-0.1, -0.05) is 61.2 Å². The predicted octanol–water partition coefficient (Wildman–Crippen LogP) is 5.48. The second-order valence-corrected chi connectivity index (χ2v) is 7.22. The van der Waals surface area contributed by atoms with Gasteiger partial charge in [-0.2, -0.15) is 5.10 Å². The van der Waals surface area contributed by atoms with Gasteiger partial charge in [0.2, 0.25) is 0 Å². The van der Waals surface area contributed by atoms with E-state index in [1.807, 2.05) is 30.3 Å². The standard InChI is InChI=1S/C20H20ClFN4O/c21-16-14(12-7-3-1-4-8-12)11-15-18(17(16)22)25-26-19(15)24-20(27)23-13-9-5-2-6-10-13/h1,3-4,7-8,11,13H,2,5-6,9-10H2,(H3,23,24,25,26,27). The summed E-state index contributed by atoms with van der Waals surface area (Å²) in [5.74, 6) is -0.299. The first-order valence-electron chi connectivity index (χ1n) is 9.12. The Morgan fingerprint density at radius 2 is 1.93 bits per heavy atom. The molecule has 1 aromatic heterocycles. The number of benzene rings is 2. The topological polar surface area (TPSA) is 69.8 Å². The molecule has 3 aromatic rings. The van der Waals surface area contributed by atoms with Crippen molar-refractivity contribution in [2.45, 2.75) is 38.1 Å². The second-order valence-electron chi connectivity index (χ2n) is 6.85. The maximum absolute atomic E-state index is 14.7. The van der Waals surface area contributed by atoms with Crippen molar-refractivity contribution in [2.24, 2.45) is 0 Å². The molecular weight excluding hydrogens is 367 g/mol. The lowest BCUT2D eigenvalue weighted by Crippen LogP contribution is -2.39. The van der Waals surface area contributed by atoms with Gasteiger partial charge in [-0.25, -0.2) is 9.18 Å². The van der Waals surface area contributed by atoms with E-state index in [9.17, 15) is 9.18 Å². The second kappa shape index (κ2) is 7.56. The van der Waals surface area contributed by atoms with Crippen LogP contribution in [0.4, 0.5) is 15.0 Å². The molecule has 0 atom stereocenters. The van der Waals surface area contributed by atoms with E-state index < -0.39 is 5.82 Å². The molecule has 0 saturated heterocycles. The molecule has 27 heavy (non-hydrogen) atoms. The van der Waals surface area contributed by atoms with Crippen LogP contribution >= 0.6 is 11.6 Å². The van der Waals surface area contributed by atoms with Gasteiger partial charge >= 0.3 is 6.03 Å². The highest BCUT2D eigenvalue weighted by molar-refractivity contribution is 6.34. The molecule has 0 radical (unpaired) electrons. The van der Waals surface area contributed by atoms with Crippen molar-refractivity contribution in [3.8, 4) is 11.1 Å². The Morgan fingerprint density at radius 3 is 2.67 bits per heavy atom. The summed E-state index contributed by atoms with van der Waals surface area (Å²) >= 11 is 6.23. The van der Waals surface area contributed by atoms with Gasteiger partial charge in [0.05, 0.1) is 5.02 Å².